The monoisotopic (exact) mass is 1100 g/mol. The third-order valence-electron chi connectivity index (χ3n) is 16.5. The Morgan fingerprint density at radius 3 is 0.641 bits per heavy atom. The molecule has 0 N–H and O–H groups in total. The minimum Gasteiger partial charge on any atom is -0.462 e. The molecule has 78 heavy (non-hydrogen) atoms. The third kappa shape index (κ3) is 65.0. The van der Waals surface area contributed by atoms with Crippen LogP contribution in [0.1, 0.15) is 412 Å². The van der Waals surface area contributed by atoms with Crippen molar-refractivity contribution in [2.75, 3.05) is 13.2 Å². The number of hydrogen-bond acceptors (Lipinski definition) is 6. The highest BCUT2D eigenvalue weighted by Crippen LogP contribution is 2.19. The highest BCUT2D eigenvalue weighted by molar-refractivity contribution is 5.71. The molecule has 0 aliphatic rings. The maximum absolute atomic E-state index is 13.0. The molecule has 0 aromatic heterocycles. The van der Waals surface area contributed by atoms with Gasteiger partial charge in [0.05, 0.1) is 0 Å². The molecule has 0 spiro atoms. The molecule has 6 heteroatoms. The topological polar surface area (TPSA) is 78.9 Å². The van der Waals surface area contributed by atoms with Crippen molar-refractivity contribution in [1.82, 2.24) is 0 Å². The van der Waals surface area contributed by atoms with Crippen LogP contribution in [0.25, 0.3) is 0 Å². The van der Waals surface area contributed by atoms with Gasteiger partial charge in [0, 0.05) is 19.3 Å². The summed E-state index contributed by atoms with van der Waals surface area (Å²) in [7, 11) is 0. The smallest absolute Gasteiger partial charge is 0.306 e. The highest BCUT2D eigenvalue weighted by atomic mass is 16.6. The molecule has 462 valence electrons. The summed E-state index contributed by atoms with van der Waals surface area (Å²) < 4.78 is 17.0. The summed E-state index contributed by atoms with van der Waals surface area (Å²) in [6, 6.07) is 0. The van der Waals surface area contributed by atoms with Crippen LogP contribution in [0.4, 0.5) is 0 Å². The van der Waals surface area contributed by atoms with E-state index >= 15 is 0 Å². The Morgan fingerprint density at radius 2 is 0.423 bits per heavy atom. The average molecular weight is 1100 g/mol. The van der Waals surface area contributed by atoms with Gasteiger partial charge in [0.1, 0.15) is 13.2 Å². The summed E-state index contributed by atoms with van der Waals surface area (Å²) in [5.41, 5.74) is 0. The van der Waals surface area contributed by atoms with Crippen LogP contribution in [0.2, 0.25) is 0 Å². The molecule has 0 aliphatic carbocycles. The van der Waals surface area contributed by atoms with Crippen molar-refractivity contribution < 1.29 is 28.6 Å². The summed E-state index contributed by atoms with van der Waals surface area (Å²) in [6.07, 6.45) is 80.9. The van der Waals surface area contributed by atoms with Crippen LogP contribution < -0.4 is 0 Å². The normalized spacial score (nSPS) is 12.0. The van der Waals surface area contributed by atoms with Gasteiger partial charge in [-0.3, -0.25) is 14.4 Å². The number of carbonyl (C=O) groups excluding carboxylic acids is 3. The minimum atomic E-state index is -0.768. The molecule has 0 heterocycles. The first-order chi connectivity index (χ1) is 38.5. The number of rotatable bonds is 67. The van der Waals surface area contributed by atoms with Crippen molar-refractivity contribution in [3.05, 3.63) is 12.2 Å². The Bertz CT molecular complexity index is 1210. The third-order valence-corrected chi connectivity index (χ3v) is 16.5. The van der Waals surface area contributed by atoms with E-state index in [1.807, 2.05) is 0 Å². The number of ether oxygens (including phenoxy) is 3. The molecule has 0 rings (SSSR count). The number of unbranched alkanes of at least 4 members (excludes halogenated alkanes) is 54. The number of esters is 3. The zero-order valence-corrected chi connectivity index (χ0v) is 53.2. The molecule has 0 aliphatic heterocycles. The first kappa shape index (κ1) is 76.1. The molecule has 0 aromatic rings. The van der Waals surface area contributed by atoms with Gasteiger partial charge in [-0.2, -0.15) is 0 Å². The van der Waals surface area contributed by atoms with Crippen LogP contribution in [-0.4, -0.2) is 37.2 Å². The molecule has 0 saturated heterocycles. The Hall–Kier alpha value is -1.85. The van der Waals surface area contributed by atoms with E-state index in [0.29, 0.717) is 19.3 Å². The van der Waals surface area contributed by atoms with E-state index in [1.165, 1.54) is 315 Å². The molecule has 0 fully saturated rings. The largest absolute Gasteiger partial charge is 0.462 e. The predicted molar refractivity (Wildman–Crippen MR) is 340 cm³/mol. The first-order valence-electron chi connectivity index (χ1n) is 35.7. The lowest BCUT2D eigenvalue weighted by atomic mass is 10.0. The molecule has 1 unspecified atom stereocenters. The summed E-state index contributed by atoms with van der Waals surface area (Å²) in [6.45, 7) is 6.73. The maximum Gasteiger partial charge on any atom is 0.306 e. The zero-order chi connectivity index (χ0) is 56.4. The van der Waals surface area contributed by atoms with Crippen molar-refractivity contribution in [3.63, 3.8) is 0 Å². The second-order valence-electron chi connectivity index (χ2n) is 24.5. The lowest BCUT2D eigenvalue weighted by molar-refractivity contribution is -0.167. The fraction of sp³-hybridized carbons (Fsp3) is 0.931. The predicted octanol–water partition coefficient (Wildman–Crippen LogP) is 24.4. The van der Waals surface area contributed by atoms with Gasteiger partial charge in [0.25, 0.3) is 0 Å². The van der Waals surface area contributed by atoms with E-state index in [-0.39, 0.29) is 31.1 Å². The van der Waals surface area contributed by atoms with Gasteiger partial charge in [-0.25, -0.2) is 0 Å². The van der Waals surface area contributed by atoms with Crippen molar-refractivity contribution in [3.8, 4) is 0 Å². The molecule has 0 bridgehead atoms. The van der Waals surface area contributed by atoms with Gasteiger partial charge in [0.2, 0.25) is 0 Å². The van der Waals surface area contributed by atoms with E-state index in [1.54, 1.807) is 0 Å². The molecule has 6 nitrogen and oxygen atoms in total. The van der Waals surface area contributed by atoms with Gasteiger partial charge in [-0.05, 0) is 44.9 Å². The number of carbonyl (C=O) groups is 3. The quantitative estimate of drug-likeness (QED) is 0.0261. The van der Waals surface area contributed by atoms with E-state index in [9.17, 15) is 14.4 Å². The Labute approximate surface area is 488 Å². The molecule has 0 saturated carbocycles. The first-order valence-corrected chi connectivity index (χ1v) is 35.7. The van der Waals surface area contributed by atoms with Crippen LogP contribution in [0.15, 0.2) is 12.2 Å². The maximum atomic E-state index is 13.0. The van der Waals surface area contributed by atoms with Crippen molar-refractivity contribution in [2.24, 2.45) is 0 Å². The van der Waals surface area contributed by atoms with Crippen molar-refractivity contribution in [1.29, 1.82) is 0 Å². The van der Waals surface area contributed by atoms with E-state index in [4.69, 9.17) is 14.2 Å². The van der Waals surface area contributed by atoms with Crippen LogP contribution in [0, 0.1) is 0 Å². The Kier molecular flexibility index (Phi) is 66.0. The van der Waals surface area contributed by atoms with E-state index in [0.717, 1.165) is 57.8 Å². The molecule has 0 amide bonds. The zero-order valence-electron chi connectivity index (χ0n) is 53.2. The Balaban J connectivity index is 4.27. The Morgan fingerprint density at radius 1 is 0.244 bits per heavy atom. The highest BCUT2D eigenvalue weighted by Gasteiger charge is 2.19. The second-order valence-corrected chi connectivity index (χ2v) is 24.5. The lowest BCUT2D eigenvalue weighted by Crippen LogP contribution is -2.30. The summed E-state index contributed by atoms with van der Waals surface area (Å²) in [5, 5.41) is 0. The van der Waals surface area contributed by atoms with Crippen LogP contribution >= 0.6 is 0 Å². The van der Waals surface area contributed by atoms with E-state index < -0.39 is 6.10 Å². The van der Waals surface area contributed by atoms with Gasteiger partial charge >= 0.3 is 17.9 Å². The molecule has 0 radical (unpaired) electrons. The molecule has 0 aromatic carbocycles. The van der Waals surface area contributed by atoms with Crippen LogP contribution in [0.3, 0.4) is 0 Å². The minimum absolute atomic E-state index is 0.0641. The fourth-order valence-corrected chi connectivity index (χ4v) is 11.2. The van der Waals surface area contributed by atoms with Crippen molar-refractivity contribution in [2.45, 2.75) is 419 Å². The van der Waals surface area contributed by atoms with Gasteiger partial charge in [-0.15, -0.1) is 0 Å². The molecular formula is C72H138O6. The average Bonchev–Trinajstić information content (AvgIpc) is 3.44. The van der Waals surface area contributed by atoms with Gasteiger partial charge in [-0.1, -0.05) is 360 Å². The second kappa shape index (κ2) is 67.7. The van der Waals surface area contributed by atoms with Crippen LogP contribution in [0.5, 0.6) is 0 Å². The summed E-state index contributed by atoms with van der Waals surface area (Å²) in [4.78, 5) is 38.5. The molecular weight excluding hydrogens is 961 g/mol. The van der Waals surface area contributed by atoms with Crippen molar-refractivity contribution >= 4 is 17.9 Å². The van der Waals surface area contributed by atoms with Gasteiger partial charge in [0.15, 0.2) is 6.10 Å². The number of hydrogen-bond donors (Lipinski definition) is 0. The van der Waals surface area contributed by atoms with E-state index in [2.05, 4.69) is 32.9 Å². The van der Waals surface area contributed by atoms with Crippen LogP contribution in [-0.2, 0) is 28.6 Å². The standard InChI is InChI=1S/C72H138O6/c1-4-7-10-13-16-19-22-25-28-31-34-35-36-37-39-41-44-47-50-53-56-59-62-65-71(74)77-68-69(67-76-70(73)64-61-58-55-52-49-46-43-40-33-30-27-24-21-18-15-12-9-6-3)78-72(75)66-63-60-57-54-51-48-45-42-38-32-29-26-23-20-17-14-11-8-5-2/h30,33,69H,4-29,31-32,34-68H2,1-3H3/b33-30-. The summed E-state index contributed by atoms with van der Waals surface area (Å²) in [5.74, 6) is -0.831. The lowest BCUT2D eigenvalue weighted by Gasteiger charge is -2.18. The number of allylic oxidation sites excluding steroid dienone is 2. The SMILES string of the molecule is CCCCCCCCC/C=C\CCCCCCCCCC(=O)OCC(COC(=O)CCCCCCCCCCCCCCCCCCCCCCCCC)OC(=O)CCCCCCCCCCCCCCCCCCCCC. The van der Waals surface area contributed by atoms with Gasteiger partial charge < -0.3 is 14.2 Å². The fourth-order valence-electron chi connectivity index (χ4n) is 11.2. The molecule has 1 atom stereocenters. The summed E-state index contributed by atoms with van der Waals surface area (Å²) >= 11 is 0.